The summed E-state index contributed by atoms with van der Waals surface area (Å²) in [4.78, 5) is 26.8. The van der Waals surface area contributed by atoms with Crippen LogP contribution in [0.3, 0.4) is 0 Å². The van der Waals surface area contributed by atoms with Gasteiger partial charge in [0.25, 0.3) is 0 Å². The van der Waals surface area contributed by atoms with Crippen molar-refractivity contribution in [1.82, 2.24) is 10.2 Å². The standard InChI is InChI=1S/C19H28N2O4S/c1-13(2)19(23)21-11-5-6-16(12-21)18(22)20-14(3)15-7-9-17(10-8-15)26(4,24)25/h7-10,13-14,16H,5-6,11-12H2,1-4H3,(H,20,22)/t14-,16-/m0/s1. The monoisotopic (exact) mass is 380 g/mol. The molecule has 2 rings (SSSR count). The minimum Gasteiger partial charge on any atom is -0.349 e. The van der Waals surface area contributed by atoms with Crippen LogP contribution in [0.4, 0.5) is 0 Å². The molecule has 1 N–H and O–H groups in total. The Balaban J connectivity index is 1.99. The van der Waals surface area contributed by atoms with Crippen molar-refractivity contribution in [3.63, 3.8) is 0 Å². The van der Waals surface area contributed by atoms with E-state index in [0.717, 1.165) is 18.4 Å². The van der Waals surface area contributed by atoms with E-state index in [1.807, 2.05) is 20.8 Å². The predicted octanol–water partition coefficient (Wildman–Crippen LogP) is 2.16. The van der Waals surface area contributed by atoms with Crippen LogP contribution in [-0.2, 0) is 19.4 Å². The Kier molecular flexibility index (Phi) is 6.44. The third-order valence-corrected chi connectivity index (χ3v) is 5.89. The Morgan fingerprint density at radius 1 is 1.15 bits per heavy atom. The number of amides is 2. The molecule has 1 aliphatic rings. The normalized spacial score (nSPS) is 19.3. The quantitative estimate of drug-likeness (QED) is 0.848. The highest BCUT2D eigenvalue weighted by Gasteiger charge is 2.29. The van der Waals surface area contributed by atoms with Crippen molar-refractivity contribution >= 4 is 21.7 Å². The van der Waals surface area contributed by atoms with Gasteiger partial charge in [-0.3, -0.25) is 9.59 Å². The van der Waals surface area contributed by atoms with Gasteiger partial charge in [-0.25, -0.2) is 8.42 Å². The molecule has 1 aliphatic heterocycles. The molecule has 2 amide bonds. The van der Waals surface area contributed by atoms with Crippen LogP contribution in [-0.4, -0.2) is 44.5 Å². The van der Waals surface area contributed by atoms with Crippen molar-refractivity contribution in [3.05, 3.63) is 29.8 Å². The highest BCUT2D eigenvalue weighted by atomic mass is 32.2. The lowest BCUT2D eigenvalue weighted by Crippen LogP contribution is -2.47. The van der Waals surface area contributed by atoms with E-state index in [9.17, 15) is 18.0 Å². The minimum absolute atomic E-state index is 0.0639. The summed E-state index contributed by atoms with van der Waals surface area (Å²) in [5.74, 6) is -0.244. The summed E-state index contributed by atoms with van der Waals surface area (Å²) in [6, 6.07) is 6.31. The van der Waals surface area contributed by atoms with E-state index in [2.05, 4.69) is 5.32 Å². The number of piperidine rings is 1. The number of likely N-dealkylation sites (tertiary alicyclic amines) is 1. The fourth-order valence-corrected chi connectivity index (χ4v) is 3.81. The van der Waals surface area contributed by atoms with E-state index >= 15 is 0 Å². The first-order chi connectivity index (χ1) is 12.1. The summed E-state index contributed by atoms with van der Waals surface area (Å²) in [6.07, 6.45) is 2.77. The number of carbonyl (C=O) groups excluding carboxylic acids is 2. The van der Waals surface area contributed by atoms with Gasteiger partial charge in [0, 0.05) is 25.3 Å². The molecule has 0 radical (unpaired) electrons. The number of hydrogen-bond donors (Lipinski definition) is 1. The summed E-state index contributed by atoms with van der Waals surface area (Å²) in [6.45, 7) is 6.78. The summed E-state index contributed by atoms with van der Waals surface area (Å²) in [5.41, 5.74) is 0.844. The van der Waals surface area contributed by atoms with E-state index in [0.29, 0.717) is 13.1 Å². The van der Waals surface area contributed by atoms with Crippen LogP contribution in [0.15, 0.2) is 29.2 Å². The van der Waals surface area contributed by atoms with Gasteiger partial charge in [-0.15, -0.1) is 0 Å². The van der Waals surface area contributed by atoms with Crippen LogP contribution in [0, 0.1) is 11.8 Å². The summed E-state index contributed by atoms with van der Waals surface area (Å²) < 4.78 is 23.1. The molecule has 1 aromatic carbocycles. The maximum Gasteiger partial charge on any atom is 0.225 e. The lowest BCUT2D eigenvalue weighted by molar-refractivity contribution is -0.138. The van der Waals surface area contributed by atoms with E-state index in [1.54, 1.807) is 29.2 Å². The molecular weight excluding hydrogens is 352 g/mol. The number of nitrogens with zero attached hydrogens (tertiary/aromatic N) is 1. The summed E-state index contributed by atoms with van der Waals surface area (Å²) in [7, 11) is -3.23. The smallest absolute Gasteiger partial charge is 0.225 e. The topological polar surface area (TPSA) is 83.6 Å². The molecule has 0 aliphatic carbocycles. The van der Waals surface area contributed by atoms with Gasteiger partial charge < -0.3 is 10.2 Å². The first kappa shape index (κ1) is 20.4. The number of hydrogen-bond acceptors (Lipinski definition) is 4. The minimum atomic E-state index is -3.23. The Morgan fingerprint density at radius 3 is 2.31 bits per heavy atom. The second kappa shape index (κ2) is 8.20. The molecule has 0 unspecified atom stereocenters. The molecule has 1 fully saturated rings. The fraction of sp³-hybridized carbons (Fsp3) is 0.579. The highest BCUT2D eigenvalue weighted by Crippen LogP contribution is 2.21. The Hall–Kier alpha value is -1.89. The zero-order valence-electron chi connectivity index (χ0n) is 15.9. The van der Waals surface area contributed by atoms with E-state index in [-0.39, 0.29) is 34.6 Å². The molecular formula is C19H28N2O4S. The molecule has 1 saturated heterocycles. The zero-order chi connectivity index (χ0) is 19.5. The molecule has 0 aromatic heterocycles. The lowest BCUT2D eigenvalue weighted by Gasteiger charge is -2.33. The molecule has 1 heterocycles. The molecule has 0 bridgehead atoms. The first-order valence-corrected chi connectivity index (χ1v) is 10.9. The van der Waals surface area contributed by atoms with Gasteiger partial charge in [0.1, 0.15) is 0 Å². The van der Waals surface area contributed by atoms with Gasteiger partial charge in [0.05, 0.1) is 16.9 Å². The van der Waals surface area contributed by atoms with Crippen LogP contribution in [0.5, 0.6) is 0 Å². The average Bonchev–Trinajstić information content (AvgIpc) is 2.60. The van der Waals surface area contributed by atoms with Crippen molar-refractivity contribution in [1.29, 1.82) is 0 Å². The van der Waals surface area contributed by atoms with E-state index in [4.69, 9.17) is 0 Å². The van der Waals surface area contributed by atoms with Crippen molar-refractivity contribution < 1.29 is 18.0 Å². The average molecular weight is 381 g/mol. The van der Waals surface area contributed by atoms with Crippen molar-refractivity contribution in [2.24, 2.45) is 11.8 Å². The lowest BCUT2D eigenvalue weighted by atomic mass is 9.95. The molecule has 0 spiro atoms. The van der Waals surface area contributed by atoms with Crippen molar-refractivity contribution in [2.75, 3.05) is 19.3 Å². The largest absolute Gasteiger partial charge is 0.349 e. The molecule has 26 heavy (non-hydrogen) atoms. The van der Waals surface area contributed by atoms with Crippen LogP contribution < -0.4 is 5.32 Å². The maximum absolute atomic E-state index is 12.6. The van der Waals surface area contributed by atoms with Gasteiger partial charge in [0.15, 0.2) is 9.84 Å². The van der Waals surface area contributed by atoms with Crippen molar-refractivity contribution in [3.8, 4) is 0 Å². The Bertz CT molecular complexity index is 756. The molecule has 1 aromatic rings. The molecule has 7 heteroatoms. The van der Waals surface area contributed by atoms with Crippen molar-refractivity contribution in [2.45, 2.75) is 44.6 Å². The van der Waals surface area contributed by atoms with Crippen LogP contribution in [0.2, 0.25) is 0 Å². The van der Waals surface area contributed by atoms with Gasteiger partial charge >= 0.3 is 0 Å². The van der Waals surface area contributed by atoms with Gasteiger partial charge in [0.2, 0.25) is 11.8 Å². The number of rotatable bonds is 5. The first-order valence-electron chi connectivity index (χ1n) is 8.98. The highest BCUT2D eigenvalue weighted by molar-refractivity contribution is 7.90. The third kappa shape index (κ3) is 5.06. The summed E-state index contributed by atoms with van der Waals surface area (Å²) in [5, 5.41) is 2.99. The number of benzene rings is 1. The van der Waals surface area contributed by atoms with Gasteiger partial charge in [-0.05, 0) is 37.5 Å². The number of carbonyl (C=O) groups is 2. The molecule has 2 atom stereocenters. The second-order valence-electron chi connectivity index (χ2n) is 7.35. The van der Waals surface area contributed by atoms with Crippen LogP contribution >= 0.6 is 0 Å². The Labute approximate surface area is 155 Å². The van der Waals surface area contributed by atoms with E-state index < -0.39 is 9.84 Å². The third-order valence-electron chi connectivity index (χ3n) is 4.76. The van der Waals surface area contributed by atoms with E-state index in [1.165, 1.54) is 6.26 Å². The second-order valence-corrected chi connectivity index (χ2v) is 9.37. The molecule has 144 valence electrons. The van der Waals surface area contributed by atoms with Gasteiger partial charge in [-0.2, -0.15) is 0 Å². The number of sulfone groups is 1. The molecule has 0 saturated carbocycles. The predicted molar refractivity (Wildman–Crippen MR) is 100 cm³/mol. The van der Waals surface area contributed by atoms with Crippen LogP contribution in [0.25, 0.3) is 0 Å². The SMILES string of the molecule is CC(C)C(=O)N1CCC[C@H](C(=O)N[C@@H](C)c2ccc(S(C)(=O)=O)cc2)C1. The zero-order valence-corrected chi connectivity index (χ0v) is 16.7. The molecule has 6 nitrogen and oxygen atoms in total. The van der Waals surface area contributed by atoms with Gasteiger partial charge in [-0.1, -0.05) is 26.0 Å². The van der Waals surface area contributed by atoms with Crippen LogP contribution in [0.1, 0.15) is 45.2 Å². The fourth-order valence-electron chi connectivity index (χ4n) is 3.17. The Morgan fingerprint density at radius 2 is 1.77 bits per heavy atom. The maximum atomic E-state index is 12.6. The summed E-state index contributed by atoms with van der Waals surface area (Å²) >= 11 is 0. The number of nitrogens with one attached hydrogen (secondary N) is 1.